The molecule has 0 saturated heterocycles. The molecule has 2 aliphatic rings. The van der Waals surface area contributed by atoms with Gasteiger partial charge in [-0.1, -0.05) is 70.5 Å². The summed E-state index contributed by atoms with van der Waals surface area (Å²) < 4.78 is 0. The van der Waals surface area contributed by atoms with Gasteiger partial charge in [-0.2, -0.15) is 0 Å². The normalized spacial score (nSPS) is 33.4. The van der Waals surface area contributed by atoms with Crippen molar-refractivity contribution >= 4 is 0 Å². The highest BCUT2D eigenvalue weighted by atomic mass is 14.5. The van der Waals surface area contributed by atoms with Gasteiger partial charge in [-0.25, -0.2) is 0 Å². The minimum absolute atomic E-state index is 0.318. The van der Waals surface area contributed by atoms with E-state index in [2.05, 4.69) is 71.9 Å². The number of hydrogen-bond acceptors (Lipinski definition) is 0. The lowest BCUT2D eigenvalue weighted by Gasteiger charge is -2.53. The van der Waals surface area contributed by atoms with Gasteiger partial charge in [0.2, 0.25) is 0 Å². The predicted molar refractivity (Wildman–Crippen MR) is 91.5 cm³/mol. The molecule has 0 amide bonds. The van der Waals surface area contributed by atoms with Gasteiger partial charge in [-0.05, 0) is 59.5 Å². The van der Waals surface area contributed by atoms with E-state index in [9.17, 15) is 0 Å². The first-order valence-corrected chi connectivity index (χ1v) is 8.53. The van der Waals surface area contributed by atoms with Crippen LogP contribution < -0.4 is 0 Å². The van der Waals surface area contributed by atoms with Crippen LogP contribution in [0.5, 0.6) is 0 Å². The van der Waals surface area contributed by atoms with Crippen LogP contribution in [0.2, 0.25) is 0 Å². The van der Waals surface area contributed by atoms with Crippen LogP contribution >= 0.6 is 0 Å². The molecule has 0 spiro atoms. The van der Waals surface area contributed by atoms with Crippen LogP contribution in [0.1, 0.15) is 65.0 Å². The Hall–Kier alpha value is -1.04. The Kier molecular flexibility index (Phi) is 3.35. The first kappa shape index (κ1) is 14.9. The standard InChI is InChI=1S/C21H30/c1-14-13-19(21(5,6)15(2)20(14,3)4)18-12-11-16-9-7-8-10-17(16)18/h7-10,13,15,18-19H,11-12H2,1-6H3. The lowest BCUT2D eigenvalue weighted by molar-refractivity contribution is 0.0435. The van der Waals surface area contributed by atoms with Gasteiger partial charge in [0, 0.05) is 0 Å². The van der Waals surface area contributed by atoms with Crippen molar-refractivity contribution in [3.05, 3.63) is 47.0 Å². The van der Waals surface area contributed by atoms with Gasteiger partial charge in [0.05, 0.1) is 0 Å². The summed E-state index contributed by atoms with van der Waals surface area (Å²) in [5, 5.41) is 0. The summed E-state index contributed by atoms with van der Waals surface area (Å²) in [6, 6.07) is 9.11. The van der Waals surface area contributed by atoms with Crippen molar-refractivity contribution in [2.75, 3.05) is 0 Å². The Balaban J connectivity index is 2.05. The Morgan fingerprint density at radius 3 is 2.43 bits per heavy atom. The Morgan fingerprint density at radius 1 is 1.05 bits per heavy atom. The molecule has 0 N–H and O–H groups in total. The van der Waals surface area contributed by atoms with E-state index in [1.54, 1.807) is 16.7 Å². The van der Waals surface area contributed by atoms with Gasteiger partial charge in [0.15, 0.2) is 0 Å². The Bertz CT molecular complexity index is 573. The fraction of sp³-hybridized carbons (Fsp3) is 0.619. The fourth-order valence-electron chi connectivity index (χ4n) is 4.86. The highest BCUT2D eigenvalue weighted by Crippen LogP contribution is 2.58. The first-order valence-electron chi connectivity index (χ1n) is 8.53. The number of hydrogen-bond donors (Lipinski definition) is 0. The summed E-state index contributed by atoms with van der Waals surface area (Å²) >= 11 is 0. The van der Waals surface area contributed by atoms with E-state index >= 15 is 0 Å². The molecular formula is C21H30. The molecule has 0 radical (unpaired) electrons. The zero-order valence-corrected chi connectivity index (χ0v) is 14.5. The van der Waals surface area contributed by atoms with E-state index in [1.807, 2.05) is 0 Å². The molecule has 0 aliphatic heterocycles. The smallest absolute Gasteiger partial charge is 0.00878 e. The van der Waals surface area contributed by atoms with Gasteiger partial charge in [-0.3, -0.25) is 0 Å². The van der Waals surface area contributed by atoms with Crippen LogP contribution in [0.25, 0.3) is 0 Å². The molecule has 0 aromatic heterocycles. The predicted octanol–water partition coefficient (Wildman–Crippen LogP) is 5.98. The van der Waals surface area contributed by atoms with Crippen LogP contribution in [0, 0.1) is 22.7 Å². The van der Waals surface area contributed by atoms with Gasteiger partial charge in [0.1, 0.15) is 0 Å². The van der Waals surface area contributed by atoms with Crippen molar-refractivity contribution < 1.29 is 0 Å². The third-order valence-corrected chi connectivity index (χ3v) is 7.12. The van der Waals surface area contributed by atoms with Crippen LogP contribution in [-0.2, 0) is 6.42 Å². The van der Waals surface area contributed by atoms with Gasteiger partial charge < -0.3 is 0 Å². The SMILES string of the molecule is CC1=CC(C2CCc3ccccc32)C(C)(C)C(C)C1(C)C. The molecule has 3 rings (SSSR count). The van der Waals surface area contributed by atoms with Gasteiger partial charge in [0.25, 0.3) is 0 Å². The lowest BCUT2D eigenvalue weighted by atomic mass is 9.52. The molecule has 0 saturated carbocycles. The van der Waals surface area contributed by atoms with Crippen molar-refractivity contribution in [3.63, 3.8) is 0 Å². The van der Waals surface area contributed by atoms with Crippen molar-refractivity contribution in [1.82, 2.24) is 0 Å². The number of fused-ring (bicyclic) bond motifs is 1. The number of benzene rings is 1. The van der Waals surface area contributed by atoms with Crippen LogP contribution in [-0.4, -0.2) is 0 Å². The van der Waals surface area contributed by atoms with Crippen LogP contribution in [0.3, 0.4) is 0 Å². The molecule has 114 valence electrons. The second-order valence-corrected chi connectivity index (χ2v) is 8.48. The maximum absolute atomic E-state index is 2.62. The second-order valence-electron chi connectivity index (χ2n) is 8.48. The highest BCUT2D eigenvalue weighted by Gasteiger charge is 2.49. The van der Waals surface area contributed by atoms with E-state index in [0.29, 0.717) is 28.6 Å². The summed E-state index contributed by atoms with van der Waals surface area (Å²) in [5.74, 6) is 2.08. The van der Waals surface area contributed by atoms with E-state index in [0.717, 1.165) is 0 Å². The third-order valence-electron chi connectivity index (χ3n) is 7.12. The van der Waals surface area contributed by atoms with Crippen molar-refractivity contribution in [1.29, 1.82) is 0 Å². The molecular weight excluding hydrogens is 252 g/mol. The van der Waals surface area contributed by atoms with Crippen LogP contribution in [0.4, 0.5) is 0 Å². The first-order chi connectivity index (χ1) is 9.76. The maximum Gasteiger partial charge on any atom is -0.00878 e. The van der Waals surface area contributed by atoms with E-state index < -0.39 is 0 Å². The van der Waals surface area contributed by atoms with Crippen molar-refractivity contribution in [2.45, 2.75) is 60.3 Å². The Labute approximate surface area is 130 Å². The molecule has 0 heteroatoms. The monoisotopic (exact) mass is 282 g/mol. The molecule has 21 heavy (non-hydrogen) atoms. The average Bonchev–Trinajstić information content (AvgIpc) is 2.85. The van der Waals surface area contributed by atoms with Gasteiger partial charge >= 0.3 is 0 Å². The summed E-state index contributed by atoms with van der Waals surface area (Å²) in [5.41, 5.74) is 5.46. The molecule has 0 nitrogen and oxygen atoms in total. The van der Waals surface area contributed by atoms with Crippen molar-refractivity contribution in [3.8, 4) is 0 Å². The van der Waals surface area contributed by atoms with E-state index in [-0.39, 0.29) is 0 Å². The van der Waals surface area contributed by atoms with Crippen LogP contribution in [0.15, 0.2) is 35.9 Å². The number of allylic oxidation sites excluding steroid dienone is 2. The summed E-state index contributed by atoms with van der Waals surface area (Å²) in [7, 11) is 0. The molecule has 3 atom stereocenters. The van der Waals surface area contributed by atoms with E-state index in [4.69, 9.17) is 0 Å². The molecule has 0 heterocycles. The zero-order valence-electron chi connectivity index (χ0n) is 14.5. The quantitative estimate of drug-likeness (QED) is 0.556. The van der Waals surface area contributed by atoms with Crippen molar-refractivity contribution in [2.24, 2.45) is 22.7 Å². The molecule has 3 unspecified atom stereocenters. The maximum atomic E-state index is 2.62. The third kappa shape index (κ3) is 2.10. The largest absolute Gasteiger partial charge is 0.0808 e. The Morgan fingerprint density at radius 2 is 1.71 bits per heavy atom. The molecule has 1 aromatic rings. The summed E-state index contributed by atoms with van der Waals surface area (Å²) in [4.78, 5) is 0. The fourth-order valence-corrected chi connectivity index (χ4v) is 4.86. The second kappa shape index (κ2) is 4.73. The summed E-state index contributed by atoms with van der Waals surface area (Å²) in [6.07, 6.45) is 5.20. The summed E-state index contributed by atoms with van der Waals surface area (Å²) in [6.45, 7) is 14.6. The zero-order chi connectivity index (χ0) is 15.4. The minimum Gasteiger partial charge on any atom is -0.0808 e. The molecule has 0 bridgehead atoms. The molecule has 2 aliphatic carbocycles. The topological polar surface area (TPSA) is 0 Å². The van der Waals surface area contributed by atoms with Gasteiger partial charge in [-0.15, -0.1) is 0 Å². The molecule has 1 aromatic carbocycles. The number of rotatable bonds is 1. The highest BCUT2D eigenvalue weighted by molar-refractivity contribution is 5.38. The number of aryl methyl sites for hydroxylation is 1. The lowest BCUT2D eigenvalue weighted by Crippen LogP contribution is -2.45. The minimum atomic E-state index is 0.318. The molecule has 0 fully saturated rings. The van der Waals surface area contributed by atoms with E-state index in [1.165, 1.54) is 12.8 Å². The average molecular weight is 282 g/mol.